The summed E-state index contributed by atoms with van der Waals surface area (Å²) in [6, 6.07) is 9.19. The molecule has 1 N–H and O–H groups in total. The Morgan fingerprint density at radius 2 is 2.05 bits per heavy atom. The van der Waals surface area contributed by atoms with Crippen LogP contribution in [0.25, 0.3) is 11.6 Å². The molecule has 22 heavy (non-hydrogen) atoms. The number of nitrogens with one attached hydrogen (secondary N) is 1. The lowest BCUT2D eigenvalue weighted by Crippen LogP contribution is -2.24. The highest BCUT2D eigenvalue weighted by Gasteiger charge is 2.11. The molecule has 0 radical (unpaired) electrons. The van der Waals surface area contributed by atoms with Gasteiger partial charge >= 0.3 is 0 Å². The first kappa shape index (κ1) is 14.0. The van der Waals surface area contributed by atoms with Crippen LogP contribution in [0.3, 0.4) is 0 Å². The molecule has 0 saturated heterocycles. The predicted octanol–water partition coefficient (Wildman–Crippen LogP) is 2.33. The van der Waals surface area contributed by atoms with Gasteiger partial charge in [-0.2, -0.15) is 4.98 Å². The summed E-state index contributed by atoms with van der Waals surface area (Å²) < 4.78 is 22.9. The molecule has 112 valence electrons. The lowest BCUT2D eigenvalue weighted by Gasteiger charge is -2.02. The van der Waals surface area contributed by atoms with Gasteiger partial charge in [-0.1, -0.05) is 17.3 Å². The summed E-state index contributed by atoms with van der Waals surface area (Å²) in [6.07, 6.45) is 1.66. The van der Waals surface area contributed by atoms with E-state index in [1.165, 1.54) is 18.4 Å². The Balaban J connectivity index is 1.54. The van der Waals surface area contributed by atoms with E-state index in [0.29, 0.717) is 11.6 Å². The van der Waals surface area contributed by atoms with Gasteiger partial charge in [0.15, 0.2) is 5.76 Å². The highest BCUT2D eigenvalue weighted by atomic mass is 19.1. The van der Waals surface area contributed by atoms with Crippen LogP contribution >= 0.6 is 0 Å². The number of aromatic nitrogens is 2. The number of carbonyl (C=O) groups is 1. The van der Waals surface area contributed by atoms with Crippen LogP contribution in [0.2, 0.25) is 0 Å². The maximum Gasteiger partial charge on any atom is 0.246 e. The second-order valence-corrected chi connectivity index (χ2v) is 4.57. The Bertz CT molecular complexity index is 751. The van der Waals surface area contributed by atoms with Gasteiger partial charge in [0.1, 0.15) is 5.82 Å². The van der Waals surface area contributed by atoms with E-state index < -0.39 is 0 Å². The number of halogens is 1. The van der Waals surface area contributed by atoms with Gasteiger partial charge in [-0.05, 0) is 29.8 Å². The Labute approximate surface area is 124 Å². The van der Waals surface area contributed by atoms with Crippen molar-refractivity contribution in [3.63, 3.8) is 0 Å². The molecular formula is C15H12FN3O3. The van der Waals surface area contributed by atoms with E-state index in [4.69, 9.17) is 8.94 Å². The monoisotopic (exact) mass is 301 g/mol. The molecular weight excluding hydrogens is 289 g/mol. The van der Waals surface area contributed by atoms with Gasteiger partial charge in [0, 0.05) is 0 Å². The maximum absolute atomic E-state index is 12.8. The highest BCUT2D eigenvalue weighted by molar-refractivity contribution is 5.78. The standard InChI is InChI=1S/C15H12FN3O3/c16-11-5-3-10(4-6-11)8-13(20)17-9-14-18-15(19-22-14)12-2-1-7-21-12/h1-7H,8-9H2,(H,17,20). The van der Waals surface area contributed by atoms with Crippen molar-refractivity contribution in [1.82, 2.24) is 15.5 Å². The van der Waals surface area contributed by atoms with Crippen LogP contribution in [0.5, 0.6) is 0 Å². The highest BCUT2D eigenvalue weighted by Crippen LogP contribution is 2.15. The second kappa shape index (κ2) is 6.21. The van der Waals surface area contributed by atoms with Gasteiger partial charge in [-0.15, -0.1) is 0 Å². The van der Waals surface area contributed by atoms with E-state index >= 15 is 0 Å². The maximum atomic E-state index is 12.8. The van der Waals surface area contributed by atoms with Crippen LogP contribution in [0.15, 0.2) is 51.6 Å². The molecule has 0 aliphatic carbocycles. The molecule has 2 aromatic heterocycles. The molecule has 0 bridgehead atoms. The smallest absolute Gasteiger partial charge is 0.246 e. The second-order valence-electron chi connectivity index (χ2n) is 4.57. The van der Waals surface area contributed by atoms with Gasteiger partial charge in [0.25, 0.3) is 0 Å². The van der Waals surface area contributed by atoms with Crippen LogP contribution in [0.1, 0.15) is 11.5 Å². The van der Waals surface area contributed by atoms with Crippen LogP contribution in [-0.4, -0.2) is 16.0 Å². The van der Waals surface area contributed by atoms with Crippen LogP contribution < -0.4 is 5.32 Å². The largest absolute Gasteiger partial charge is 0.461 e. The number of rotatable bonds is 5. The molecule has 0 fully saturated rings. The lowest BCUT2D eigenvalue weighted by atomic mass is 10.1. The van der Waals surface area contributed by atoms with Gasteiger partial charge in [-0.25, -0.2) is 4.39 Å². The molecule has 3 rings (SSSR count). The summed E-state index contributed by atoms with van der Waals surface area (Å²) in [5, 5.41) is 6.42. The van der Waals surface area contributed by atoms with Gasteiger partial charge < -0.3 is 14.3 Å². The number of amides is 1. The number of carbonyl (C=O) groups excluding carboxylic acids is 1. The molecule has 0 aliphatic heterocycles. The third-order valence-electron chi connectivity index (χ3n) is 2.92. The van der Waals surface area contributed by atoms with Gasteiger partial charge in [0.05, 0.1) is 19.2 Å². The quantitative estimate of drug-likeness (QED) is 0.782. The third kappa shape index (κ3) is 3.38. The third-order valence-corrected chi connectivity index (χ3v) is 2.92. The molecule has 7 heteroatoms. The molecule has 2 heterocycles. The Morgan fingerprint density at radius 1 is 1.23 bits per heavy atom. The van der Waals surface area contributed by atoms with Crippen LogP contribution in [0.4, 0.5) is 4.39 Å². The van der Waals surface area contributed by atoms with E-state index in [9.17, 15) is 9.18 Å². The van der Waals surface area contributed by atoms with Gasteiger partial charge in [-0.3, -0.25) is 4.79 Å². The fraction of sp³-hybridized carbons (Fsp3) is 0.133. The molecule has 0 saturated carbocycles. The topological polar surface area (TPSA) is 81.2 Å². The summed E-state index contributed by atoms with van der Waals surface area (Å²) in [5.41, 5.74) is 0.723. The average Bonchev–Trinajstić information content (AvgIpc) is 3.18. The molecule has 0 atom stereocenters. The minimum atomic E-state index is -0.333. The summed E-state index contributed by atoms with van der Waals surface area (Å²) in [7, 11) is 0. The number of nitrogens with zero attached hydrogens (tertiary/aromatic N) is 2. The van der Waals surface area contributed by atoms with E-state index in [0.717, 1.165) is 5.56 Å². The number of furan rings is 1. The molecule has 1 aromatic carbocycles. The van der Waals surface area contributed by atoms with E-state index in [-0.39, 0.29) is 30.6 Å². The average molecular weight is 301 g/mol. The van der Waals surface area contributed by atoms with E-state index in [1.54, 1.807) is 24.3 Å². The lowest BCUT2D eigenvalue weighted by molar-refractivity contribution is -0.120. The van der Waals surface area contributed by atoms with Crippen molar-refractivity contribution in [1.29, 1.82) is 0 Å². The first-order chi connectivity index (χ1) is 10.7. The molecule has 0 unspecified atom stereocenters. The zero-order chi connectivity index (χ0) is 15.4. The fourth-order valence-electron chi connectivity index (χ4n) is 1.86. The minimum absolute atomic E-state index is 0.119. The molecule has 0 spiro atoms. The Hall–Kier alpha value is -2.96. The predicted molar refractivity (Wildman–Crippen MR) is 74.0 cm³/mol. The van der Waals surface area contributed by atoms with Gasteiger partial charge in [0.2, 0.25) is 17.6 Å². The summed E-state index contributed by atoms with van der Waals surface area (Å²) in [6.45, 7) is 0.119. The van der Waals surface area contributed by atoms with E-state index in [1.807, 2.05) is 0 Å². The molecule has 3 aromatic rings. The fourth-order valence-corrected chi connectivity index (χ4v) is 1.86. The summed E-state index contributed by atoms with van der Waals surface area (Å²) in [5.74, 6) is 0.545. The number of hydrogen-bond donors (Lipinski definition) is 1. The zero-order valence-electron chi connectivity index (χ0n) is 11.5. The van der Waals surface area contributed by atoms with Crippen molar-refractivity contribution in [3.8, 4) is 11.6 Å². The minimum Gasteiger partial charge on any atom is -0.461 e. The van der Waals surface area contributed by atoms with Crippen molar-refractivity contribution in [2.24, 2.45) is 0 Å². The SMILES string of the molecule is O=C(Cc1ccc(F)cc1)NCc1nc(-c2ccco2)no1. The van der Waals surface area contributed by atoms with Crippen molar-refractivity contribution in [2.75, 3.05) is 0 Å². The first-order valence-corrected chi connectivity index (χ1v) is 6.58. The van der Waals surface area contributed by atoms with Crippen molar-refractivity contribution < 1.29 is 18.1 Å². The molecule has 6 nitrogen and oxygen atoms in total. The van der Waals surface area contributed by atoms with E-state index in [2.05, 4.69) is 15.5 Å². The zero-order valence-corrected chi connectivity index (χ0v) is 11.5. The van der Waals surface area contributed by atoms with Crippen molar-refractivity contribution >= 4 is 5.91 Å². The van der Waals surface area contributed by atoms with Crippen LogP contribution in [-0.2, 0) is 17.8 Å². The first-order valence-electron chi connectivity index (χ1n) is 6.58. The normalized spacial score (nSPS) is 10.6. The van der Waals surface area contributed by atoms with Crippen molar-refractivity contribution in [3.05, 3.63) is 59.9 Å². The Kier molecular flexibility index (Phi) is 3.95. The summed E-state index contributed by atoms with van der Waals surface area (Å²) >= 11 is 0. The Morgan fingerprint density at radius 3 is 2.77 bits per heavy atom. The summed E-state index contributed by atoms with van der Waals surface area (Å²) in [4.78, 5) is 15.9. The van der Waals surface area contributed by atoms with Crippen molar-refractivity contribution in [2.45, 2.75) is 13.0 Å². The molecule has 0 aliphatic rings. The number of hydrogen-bond acceptors (Lipinski definition) is 5. The number of benzene rings is 1. The van der Waals surface area contributed by atoms with Crippen LogP contribution in [0, 0.1) is 5.82 Å². The molecule has 1 amide bonds.